The van der Waals surface area contributed by atoms with Crippen LogP contribution < -0.4 is 10.2 Å². The van der Waals surface area contributed by atoms with Crippen LogP contribution in [0, 0.1) is 0 Å². The van der Waals surface area contributed by atoms with Crippen LogP contribution in [0.4, 0.5) is 11.5 Å². The maximum absolute atomic E-state index is 4.54. The summed E-state index contributed by atoms with van der Waals surface area (Å²) in [6.45, 7) is 6.05. The van der Waals surface area contributed by atoms with Crippen LogP contribution >= 0.6 is 0 Å². The lowest BCUT2D eigenvalue weighted by molar-refractivity contribution is 0.659. The molecular weight excluding hydrogens is 250 g/mol. The maximum atomic E-state index is 4.54. The van der Waals surface area contributed by atoms with Crippen LogP contribution in [0.15, 0.2) is 30.7 Å². The van der Waals surface area contributed by atoms with Crippen molar-refractivity contribution in [2.75, 3.05) is 23.3 Å². The zero-order valence-electron chi connectivity index (χ0n) is 11.9. The molecule has 2 aromatic rings. The molecule has 0 spiro atoms. The van der Waals surface area contributed by atoms with Gasteiger partial charge in [0.05, 0.1) is 18.1 Å². The number of hydrogen-bond donors (Lipinski definition) is 1. The monoisotopic (exact) mass is 271 g/mol. The zero-order valence-corrected chi connectivity index (χ0v) is 11.9. The predicted molar refractivity (Wildman–Crippen MR) is 80.9 cm³/mol. The number of hydrogen-bond acceptors (Lipinski definition) is 4. The van der Waals surface area contributed by atoms with E-state index in [1.54, 1.807) is 0 Å². The summed E-state index contributed by atoms with van der Waals surface area (Å²) in [4.78, 5) is 6.88. The topological polar surface area (TPSA) is 46.0 Å². The molecule has 3 rings (SSSR count). The standard InChI is InChI=1S/C15H21N5/c1-2-20-12-13(10-18-20)9-16-14-5-6-15(17-11-14)19-7-3-4-8-19/h5-6,10-12,16H,2-4,7-9H2,1H3. The van der Waals surface area contributed by atoms with E-state index in [0.717, 1.165) is 37.7 Å². The van der Waals surface area contributed by atoms with Crippen LogP contribution in [0.5, 0.6) is 0 Å². The zero-order chi connectivity index (χ0) is 13.8. The molecule has 0 aromatic carbocycles. The average Bonchev–Trinajstić information content (AvgIpc) is 3.17. The first-order valence-electron chi connectivity index (χ1n) is 7.31. The molecule has 1 N–H and O–H groups in total. The molecule has 0 amide bonds. The maximum Gasteiger partial charge on any atom is 0.128 e. The minimum absolute atomic E-state index is 0.782. The van der Waals surface area contributed by atoms with Crippen LogP contribution in [-0.2, 0) is 13.1 Å². The quantitative estimate of drug-likeness (QED) is 0.907. The van der Waals surface area contributed by atoms with Crippen molar-refractivity contribution in [3.63, 3.8) is 0 Å². The summed E-state index contributed by atoms with van der Waals surface area (Å²) in [7, 11) is 0. The normalized spacial score (nSPS) is 14.8. The molecule has 5 heteroatoms. The van der Waals surface area contributed by atoms with E-state index in [-0.39, 0.29) is 0 Å². The second-order valence-electron chi connectivity index (χ2n) is 5.16. The number of rotatable bonds is 5. The second kappa shape index (κ2) is 5.94. The lowest BCUT2D eigenvalue weighted by Gasteiger charge is -2.16. The highest BCUT2D eigenvalue weighted by molar-refractivity contribution is 5.49. The van der Waals surface area contributed by atoms with Gasteiger partial charge in [0, 0.05) is 37.9 Å². The fraction of sp³-hybridized carbons (Fsp3) is 0.467. The van der Waals surface area contributed by atoms with Gasteiger partial charge in [-0.15, -0.1) is 0 Å². The third-order valence-corrected chi connectivity index (χ3v) is 3.69. The Morgan fingerprint density at radius 3 is 2.70 bits per heavy atom. The summed E-state index contributed by atoms with van der Waals surface area (Å²) in [6, 6.07) is 4.20. The fourth-order valence-electron chi connectivity index (χ4n) is 2.50. The van der Waals surface area contributed by atoms with Gasteiger partial charge in [-0.3, -0.25) is 4.68 Å². The van der Waals surface area contributed by atoms with E-state index in [0.29, 0.717) is 0 Å². The van der Waals surface area contributed by atoms with E-state index < -0.39 is 0 Å². The predicted octanol–water partition coefficient (Wildman–Crippen LogP) is 2.51. The van der Waals surface area contributed by atoms with Crippen molar-refractivity contribution in [1.29, 1.82) is 0 Å². The first-order valence-corrected chi connectivity index (χ1v) is 7.31. The SMILES string of the molecule is CCn1cc(CNc2ccc(N3CCCC3)nc2)cn1. The molecule has 1 fully saturated rings. The van der Waals surface area contributed by atoms with E-state index in [9.17, 15) is 0 Å². The smallest absolute Gasteiger partial charge is 0.128 e. The number of nitrogens with one attached hydrogen (secondary N) is 1. The van der Waals surface area contributed by atoms with Crippen LogP contribution in [0.2, 0.25) is 0 Å². The molecule has 0 unspecified atom stereocenters. The van der Waals surface area contributed by atoms with Gasteiger partial charge in [0.25, 0.3) is 0 Å². The third kappa shape index (κ3) is 2.92. The first-order chi connectivity index (χ1) is 9.85. The summed E-state index contributed by atoms with van der Waals surface area (Å²) in [5.41, 5.74) is 2.24. The lowest BCUT2D eigenvalue weighted by atomic mass is 10.3. The van der Waals surface area contributed by atoms with Gasteiger partial charge in [-0.25, -0.2) is 4.98 Å². The van der Waals surface area contributed by atoms with Gasteiger partial charge in [-0.2, -0.15) is 5.10 Å². The Morgan fingerprint density at radius 1 is 1.20 bits per heavy atom. The highest BCUT2D eigenvalue weighted by Crippen LogP contribution is 2.19. The molecule has 0 aliphatic carbocycles. The van der Waals surface area contributed by atoms with E-state index in [4.69, 9.17) is 0 Å². The van der Waals surface area contributed by atoms with Gasteiger partial charge in [0.15, 0.2) is 0 Å². The fourth-order valence-corrected chi connectivity index (χ4v) is 2.50. The van der Waals surface area contributed by atoms with Crippen molar-refractivity contribution in [2.45, 2.75) is 32.9 Å². The van der Waals surface area contributed by atoms with Crippen molar-refractivity contribution in [2.24, 2.45) is 0 Å². The molecule has 2 aromatic heterocycles. The van der Waals surface area contributed by atoms with Gasteiger partial charge in [0.1, 0.15) is 5.82 Å². The number of pyridine rings is 1. The van der Waals surface area contributed by atoms with Crippen molar-refractivity contribution in [3.8, 4) is 0 Å². The Morgan fingerprint density at radius 2 is 2.05 bits per heavy atom. The van der Waals surface area contributed by atoms with Gasteiger partial charge in [-0.05, 0) is 31.9 Å². The van der Waals surface area contributed by atoms with Gasteiger partial charge >= 0.3 is 0 Å². The largest absolute Gasteiger partial charge is 0.380 e. The Labute approximate surface area is 119 Å². The Kier molecular flexibility index (Phi) is 3.85. The molecule has 0 saturated carbocycles. The minimum Gasteiger partial charge on any atom is -0.380 e. The van der Waals surface area contributed by atoms with Gasteiger partial charge in [-0.1, -0.05) is 0 Å². The van der Waals surface area contributed by atoms with Crippen LogP contribution in [0.1, 0.15) is 25.3 Å². The molecule has 3 heterocycles. The van der Waals surface area contributed by atoms with Crippen molar-refractivity contribution in [3.05, 3.63) is 36.3 Å². The van der Waals surface area contributed by atoms with Gasteiger partial charge in [0.2, 0.25) is 0 Å². The van der Waals surface area contributed by atoms with Crippen LogP contribution in [0.25, 0.3) is 0 Å². The summed E-state index contributed by atoms with van der Waals surface area (Å²) in [5, 5.41) is 7.65. The Hall–Kier alpha value is -2.04. The number of aromatic nitrogens is 3. The van der Waals surface area contributed by atoms with Crippen molar-refractivity contribution < 1.29 is 0 Å². The number of anilines is 2. The summed E-state index contributed by atoms with van der Waals surface area (Å²) in [6.07, 6.45) is 8.45. The molecule has 0 bridgehead atoms. The molecule has 0 atom stereocenters. The lowest BCUT2D eigenvalue weighted by Crippen LogP contribution is -2.18. The first kappa shape index (κ1) is 13.0. The van der Waals surface area contributed by atoms with E-state index in [1.165, 1.54) is 18.4 Å². The van der Waals surface area contributed by atoms with E-state index >= 15 is 0 Å². The second-order valence-corrected chi connectivity index (χ2v) is 5.16. The molecule has 0 radical (unpaired) electrons. The minimum atomic E-state index is 0.782. The molecule has 1 aliphatic heterocycles. The Bertz CT molecular complexity index is 540. The van der Waals surface area contributed by atoms with Crippen LogP contribution in [-0.4, -0.2) is 27.9 Å². The van der Waals surface area contributed by atoms with E-state index in [1.807, 2.05) is 17.1 Å². The van der Waals surface area contributed by atoms with Crippen molar-refractivity contribution in [1.82, 2.24) is 14.8 Å². The molecule has 106 valence electrons. The average molecular weight is 271 g/mol. The third-order valence-electron chi connectivity index (χ3n) is 3.69. The van der Waals surface area contributed by atoms with E-state index in [2.05, 4.69) is 45.6 Å². The number of nitrogens with zero attached hydrogens (tertiary/aromatic N) is 4. The van der Waals surface area contributed by atoms with Crippen molar-refractivity contribution >= 4 is 11.5 Å². The number of aryl methyl sites for hydroxylation is 1. The van der Waals surface area contributed by atoms with Gasteiger partial charge < -0.3 is 10.2 Å². The summed E-state index contributed by atoms with van der Waals surface area (Å²) < 4.78 is 1.94. The summed E-state index contributed by atoms with van der Waals surface area (Å²) >= 11 is 0. The van der Waals surface area contributed by atoms with Crippen LogP contribution in [0.3, 0.4) is 0 Å². The molecular formula is C15H21N5. The highest BCUT2D eigenvalue weighted by Gasteiger charge is 2.12. The molecule has 5 nitrogen and oxygen atoms in total. The molecule has 20 heavy (non-hydrogen) atoms. The highest BCUT2D eigenvalue weighted by atomic mass is 15.3. The Balaban J connectivity index is 1.57. The summed E-state index contributed by atoms with van der Waals surface area (Å²) in [5.74, 6) is 1.09. The molecule has 1 saturated heterocycles. The molecule has 1 aliphatic rings.